The van der Waals surface area contributed by atoms with Crippen LogP contribution in [0.2, 0.25) is 0 Å². The average Bonchev–Trinajstić information content (AvgIpc) is 2.28. The lowest BCUT2D eigenvalue weighted by atomic mass is 10.2. The van der Waals surface area contributed by atoms with Crippen LogP contribution in [0.25, 0.3) is 0 Å². The molecule has 1 amide bonds. The smallest absolute Gasteiger partial charge is 0.243 e. The number of aromatic nitrogens is 2. The normalized spacial score (nSPS) is 11.7. The first-order valence-electron chi connectivity index (χ1n) is 5.14. The minimum Gasteiger partial charge on any atom is -0.481 e. The Kier molecular flexibility index (Phi) is 4.59. The zero-order valence-corrected chi connectivity index (χ0v) is 9.93. The number of ether oxygens (including phenoxy) is 1. The Hall–Kier alpha value is -1.95. The van der Waals surface area contributed by atoms with Crippen LogP contribution in [0.5, 0.6) is 5.88 Å². The van der Waals surface area contributed by atoms with Crippen LogP contribution in [-0.2, 0) is 4.79 Å². The third kappa shape index (κ3) is 3.84. The summed E-state index contributed by atoms with van der Waals surface area (Å²) in [6, 6.07) is 1.02. The first-order valence-corrected chi connectivity index (χ1v) is 5.14. The zero-order chi connectivity index (χ0) is 12.8. The van der Waals surface area contributed by atoms with E-state index >= 15 is 0 Å². The van der Waals surface area contributed by atoms with Crippen LogP contribution < -0.4 is 15.8 Å². The van der Waals surface area contributed by atoms with Crippen LogP contribution in [-0.4, -0.2) is 29.0 Å². The van der Waals surface area contributed by atoms with Gasteiger partial charge in [-0.3, -0.25) is 10.1 Å². The number of methoxy groups -OCH3 is 1. The van der Waals surface area contributed by atoms with Crippen molar-refractivity contribution in [3.8, 4) is 5.88 Å². The van der Waals surface area contributed by atoms with Gasteiger partial charge in [-0.25, -0.2) is 4.98 Å². The van der Waals surface area contributed by atoms with E-state index in [1.807, 2.05) is 0 Å². The summed E-state index contributed by atoms with van der Waals surface area (Å²) in [5.41, 5.74) is 6.31. The molecular weight excluding hydrogens is 220 g/mol. The minimum atomic E-state index is -0.650. The largest absolute Gasteiger partial charge is 0.481 e. The molecule has 1 heterocycles. The molecule has 92 valence electrons. The van der Waals surface area contributed by atoms with E-state index in [1.165, 1.54) is 7.11 Å². The van der Waals surface area contributed by atoms with Crippen LogP contribution in [0.1, 0.15) is 12.1 Å². The summed E-state index contributed by atoms with van der Waals surface area (Å²) in [4.78, 5) is 19.7. The highest BCUT2D eigenvalue weighted by atomic mass is 16.5. The lowest BCUT2D eigenvalue weighted by Gasteiger charge is -2.10. The summed E-state index contributed by atoms with van der Waals surface area (Å²) in [7, 11) is 1.50. The predicted molar refractivity (Wildman–Crippen MR) is 64.7 cm³/mol. The van der Waals surface area contributed by atoms with E-state index < -0.39 is 6.04 Å². The molecule has 0 bridgehead atoms. The summed E-state index contributed by atoms with van der Waals surface area (Å²) in [5.74, 6) is 0.231. The molecule has 0 radical (unpaired) electrons. The van der Waals surface area contributed by atoms with Crippen molar-refractivity contribution in [2.75, 3.05) is 12.4 Å². The standard InChI is InChI=1S/C11H16N4O2/c1-4-5-8(12)10(16)15-11-13-7(2)6-9(14-11)17-3/h4,6,8H,1,5,12H2,2-3H3,(H,13,14,15,16). The molecule has 0 aliphatic carbocycles. The number of anilines is 1. The number of hydrogen-bond donors (Lipinski definition) is 2. The molecule has 1 aromatic rings. The molecular formula is C11H16N4O2. The Morgan fingerprint density at radius 3 is 3.00 bits per heavy atom. The molecule has 1 aromatic heterocycles. The summed E-state index contributed by atoms with van der Waals surface area (Å²) in [5, 5.41) is 2.53. The fourth-order valence-corrected chi connectivity index (χ4v) is 1.19. The topological polar surface area (TPSA) is 90.1 Å². The van der Waals surface area contributed by atoms with E-state index in [9.17, 15) is 4.79 Å². The molecule has 1 atom stereocenters. The number of carbonyl (C=O) groups excluding carboxylic acids is 1. The van der Waals surface area contributed by atoms with E-state index in [0.717, 1.165) is 0 Å². The van der Waals surface area contributed by atoms with Crippen LogP contribution in [0.15, 0.2) is 18.7 Å². The average molecular weight is 236 g/mol. The van der Waals surface area contributed by atoms with E-state index in [1.54, 1.807) is 19.1 Å². The SMILES string of the molecule is C=CCC(N)C(=O)Nc1nc(C)cc(OC)n1. The monoisotopic (exact) mass is 236 g/mol. The number of amides is 1. The molecule has 0 aliphatic rings. The highest BCUT2D eigenvalue weighted by Crippen LogP contribution is 2.11. The third-order valence-corrected chi connectivity index (χ3v) is 2.03. The van der Waals surface area contributed by atoms with Crippen molar-refractivity contribution < 1.29 is 9.53 Å². The quantitative estimate of drug-likeness (QED) is 0.732. The second-order valence-electron chi connectivity index (χ2n) is 3.50. The van der Waals surface area contributed by atoms with Gasteiger partial charge in [-0.1, -0.05) is 6.08 Å². The van der Waals surface area contributed by atoms with Gasteiger partial charge >= 0.3 is 0 Å². The zero-order valence-electron chi connectivity index (χ0n) is 9.93. The van der Waals surface area contributed by atoms with Gasteiger partial charge in [0.15, 0.2) is 0 Å². The molecule has 6 heteroatoms. The van der Waals surface area contributed by atoms with Crippen LogP contribution >= 0.6 is 0 Å². The maximum Gasteiger partial charge on any atom is 0.243 e. The van der Waals surface area contributed by atoms with Gasteiger partial charge < -0.3 is 10.5 Å². The summed E-state index contributed by atoms with van der Waals surface area (Å²) < 4.78 is 4.98. The van der Waals surface area contributed by atoms with Crippen molar-refractivity contribution in [3.63, 3.8) is 0 Å². The summed E-state index contributed by atoms with van der Waals surface area (Å²) in [6.07, 6.45) is 1.98. The summed E-state index contributed by atoms with van der Waals surface area (Å²) in [6.45, 7) is 5.30. The van der Waals surface area contributed by atoms with Crippen molar-refractivity contribution >= 4 is 11.9 Å². The van der Waals surface area contributed by atoms with Gasteiger partial charge in [0.05, 0.1) is 13.2 Å². The summed E-state index contributed by atoms with van der Waals surface area (Å²) >= 11 is 0. The van der Waals surface area contributed by atoms with E-state index in [0.29, 0.717) is 18.0 Å². The van der Waals surface area contributed by atoms with Crippen LogP contribution in [0.4, 0.5) is 5.95 Å². The molecule has 0 aliphatic heterocycles. The first-order chi connectivity index (χ1) is 8.06. The first kappa shape index (κ1) is 13.1. The third-order valence-electron chi connectivity index (χ3n) is 2.03. The Labute approximate surface area is 99.9 Å². The maximum absolute atomic E-state index is 11.6. The Morgan fingerprint density at radius 2 is 2.41 bits per heavy atom. The Morgan fingerprint density at radius 1 is 1.71 bits per heavy atom. The van der Waals surface area contributed by atoms with Gasteiger partial charge in [0.1, 0.15) is 0 Å². The Bertz CT molecular complexity index is 420. The predicted octanol–water partition coefficient (Wildman–Crippen LogP) is 0.636. The van der Waals surface area contributed by atoms with Gasteiger partial charge in [-0.15, -0.1) is 6.58 Å². The molecule has 0 aromatic carbocycles. The van der Waals surface area contributed by atoms with Gasteiger partial charge in [0.2, 0.25) is 17.7 Å². The molecule has 0 spiro atoms. The van der Waals surface area contributed by atoms with Crippen molar-refractivity contribution in [2.45, 2.75) is 19.4 Å². The number of nitrogens with zero attached hydrogens (tertiary/aromatic N) is 2. The van der Waals surface area contributed by atoms with E-state index in [4.69, 9.17) is 10.5 Å². The molecule has 17 heavy (non-hydrogen) atoms. The molecule has 0 saturated heterocycles. The minimum absolute atomic E-state index is 0.186. The van der Waals surface area contributed by atoms with Gasteiger partial charge in [0.25, 0.3) is 0 Å². The molecule has 0 fully saturated rings. The maximum atomic E-state index is 11.6. The Balaban J connectivity index is 2.77. The second kappa shape index (κ2) is 5.95. The number of aryl methyl sites for hydroxylation is 1. The van der Waals surface area contributed by atoms with Gasteiger partial charge in [0, 0.05) is 11.8 Å². The lowest BCUT2D eigenvalue weighted by Crippen LogP contribution is -2.35. The number of hydrogen-bond acceptors (Lipinski definition) is 5. The van der Waals surface area contributed by atoms with Crippen molar-refractivity contribution in [3.05, 3.63) is 24.4 Å². The molecule has 3 N–H and O–H groups in total. The van der Waals surface area contributed by atoms with Gasteiger partial charge in [-0.05, 0) is 13.3 Å². The molecule has 0 saturated carbocycles. The lowest BCUT2D eigenvalue weighted by molar-refractivity contribution is -0.117. The van der Waals surface area contributed by atoms with Crippen LogP contribution in [0.3, 0.4) is 0 Å². The number of nitrogens with two attached hydrogens (primary N) is 1. The van der Waals surface area contributed by atoms with Crippen molar-refractivity contribution in [1.82, 2.24) is 9.97 Å². The molecule has 6 nitrogen and oxygen atoms in total. The van der Waals surface area contributed by atoms with Crippen molar-refractivity contribution in [1.29, 1.82) is 0 Å². The van der Waals surface area contributed by atoms with E-state index in [-0.39, 0.29) is 11.9 Å². The molecule has 1 rings (SSSR count). The van der Waals surface area contributed by atoms with Gasteiger partial charge in [-0.2, -0.15) is 4.98 Å². The number of carbonyl (C=O) groups is 1. The second-order valence-corrected chi connectivity index (χ2v) is 3.50. The van der Waals surface area contributed by atoms with E-state index in [2.05, 4.69) is 21.9 Å². The number of nitrogens with one attached hydrogen (secondary N) is 1. The fraction of sp³-hybridized carbons (Fsp3) is 0.364. The van der Waals surface area contributed by atoms with Crippen molar-refractivity contribution in [2.24, 2.45) is 5.73 Å². The van der Waals surface area contributed by atoms with Crippen LogP contribution in [0, 0.1) is 6.92 Å². The number of rotatable bonds is 5. The highest BCUT2D eigenvalue weighted by molar-refractivity contribution is 5.93. The fourth-order valence-electron chi connectivity index (χ4n) is 1.19. The molecule has 1 unspecified atom stereocenters. The highest BCUT2D eigenvalue weighted by Gasteiger charge is 2.13.